The third-order valence-electron chi connectivity index (χ3n) is 2.34. The van der Waals surface area contributed by atoms with Gasteiger partial charge in [-0.2, -0.15) is 0 Å². The van der Waals surface area contributed by atoms with Crippen LogP contribution in [0.4, 0.5) is 5.69 Å². The first-order chi connectivity index (χ1) is 7.16. The number of nitrogens with zero attached hydrogens (tertiary/aromatic N) is 1. The fourth-order valence-corrected chi connectivity index (χ4v) is 1.62. The Morgan fingerprint density at radius 2 is 2.27 bits per heavy atom. The minimum absolute atomic E-state index is 0.417. The van der Waals surface area contributed by atoms with E-state index in [0.717, 1.165) is 24.1 Å². The topological polar surface area (TPSA) is 50.4 Å². The van der Waals surface area contributed by atoms with E-state index in [0.29, 0.717) is 17.0 Å². The number of halogens is 1. The molecule has 0 aromatic heterocycles. The Hall–Kier alpha value is -1.22. The van der Waals surface area contributed by atoms with Crippen LogP contribution >= 0.6 is 11.6 Å². The Kier molecular flexibility index (Phi) is 2.82. The lowest BCUT2D eigenvalue weighted by Gasteiger charge is -2.10. The molecule has 0 atom stereocenters. The van der Waals surface area contributed by atoms with Crippen LogP contribution in [0.15, 0.2) is 23.2 Å². The Bertz CT molecular complexity index is 377. The molecular formula is C11H14ClN3. The first-order valence-corrected chi connectivity index (χ1v) is 5.40. The molecule has 1 fully saturated rings. The highest BCUT2D eigenvalue weighted by atomic mass is 35.5. The van der Waals surface area contributed by atoms with Gasteiger partial charge in [0.2, 0.25) is 0 Å². The number of nitrogens with two attached hydrogens (primary N) is 1. The van der Waals surface area contributed by atoms with Crippen LogP contribution < -0.4 is 11.1 Å². The van der Waals surface area contributed by atoms with Crippen molar-refractivity contribution < 1.29 is 0 Å². The summed E-state index contributed by atoms with van der Waals surface area (Å²) >= 11 is 6.05. The number of hydrogen-bond acceptors (Lipinski definition) is 1. The first-order valence-electron chi connectivity index (χ1n) is 5.02. The molecule has 3 nitrogen and oxygen atoms in total. The van der Waals surface area contributed by atoms with Gasteiger partial charge in [0.25, 0.3) is 0 Å². The second-order valence-electron chi connectivity index (χ2n) is 3.80. The molecule has 3 N–H and O–H groups in total. The molecule has 0 spiro atoms. The number of anilines is 1. The standard InChI is InChI=1S/C11H14ClN3/c1-7-3-2-4-9(12)10(7)15-11(13)14-8-5-6-8/h2-4,8H,5-6H2,1H3,(H3,13,14,15). The Balaban J connectivity index is 2.15. The SMILES string of the molecule is Cc1cccc(Cl)c1NC(N)=NC1CC1. The minimum Gasteiger partial charge on any atom is -0.370 e. The molecule has 15 heavy (non-hydrogen) atoms. The Morgan fingerprint density at radius 3 is 2.87 bits per heavy atom. The highest BCUT2D eigenvalue weighted by Gasteiger charge is 2.20. The summed E-state index contributed by atoms with van der Waals surface area (Å²) in [5.74, 6) is 0.453. The van der Waals surface area contributed by atoms with E-state index in [1.165, 1.54) is 0 Å². The fraction of sp³-hybridized carbons (Fsp3) is 0.364. The molecule has 0 amide bonds. The third kappa shape index (κ3) is 2.63. The largest absolute Gasteiger partial charge is 0.370 e. The van der Waals surface area contributed by atoms with E-state index in [2.05, 4.69) is 10.3 Å². The number of benzene rings is 1. The molecule has 0 radical (unpaired) electrons. The van der Waals surface area contributed by atoms with Crippen molar-refractivity contribution >= 4 is 23.2 Å². The van der Waals surface area contributed by atoms with E-state index in [9.17, 15) is 0 Å². The predicted molar refractivity (Wildman–Crippen MR) is 64.5 cm³/mol. The average molecular weight is 224 g/mol. The van der Waals surface area contributed by atoms with Crippen molar-refractivity contribution in [1.82, 2.24) is 0 Å². The molecule has 0 aliphatic heterocycles. The summed E-state index contributed by atoms with van der Waals surface area (Å²) in [6.07, 6.45) is 2.29. The van der Waals surface area contributed by atoms with Gasteiger partial charge in [-0.3, -0.25) is 0 Å². The maximum absolute atomic E-state index is 6.05. The summed E-state index contributed by atoms with van der Waals surface area (Å²) in [6, 6.07) is 6.15. The molecule has 1 aromatic rings. The normalized spacial score (nSPS) is 16.5. The van der Waals surface area contributed by atoms with Gasteiger partial charge in [-0.25, -0.2) is 4.99 Å². The maximum Gasteiger partial charge on any atom is 0.193 e. The highest BCUT2D eigenvalue weighted by molar-refractivity contribution is 6.33. The van der Waals surface area contributed by atoms with Crippen molar-refractivity contribution in [3.05, 3.63) is 28.8 Å². The zero-order chi connectivity index (χ0) is 10.8. The van der Waals surface area contributed by atoms with Gasteiger partial charge < -0.3 is 11.1 Å². The molecule has 2 rings (SSSR count). The smallest absolute Gasteiger partial charge is 0.193 e. The Morgan fingerprint density at radius 1 is 1.53 bits per heavy atom. The van der Waals surface area contributed by atoms with E-state index < -0.39 is 0 Å². The van der Waals surface area contributed by atoms with E-state index >= 15 is 0 Å². The molecule has 0 unspecified atom stereocenters. The quantitative estimate of drug-likeness (QED) is 0.598. The molecule has 1 aliphatic rings. The van der Waals surface area contributed by atoms with Gasteiger partial charge in [0.1, 0.15) is 0 Å². The van der Waals surface area contributed by atoms with Crippen molar-refractivity contribution in [1.29, 1.82) is 0 Å². The predicted octanol–water partition coefficient (Wildman–Crippen LogP) is 2.54. The molecule has 0 bridgehead atoms. The van der Waals surface area contributed by atoms with Crippen molar-refractivity contribution in [3.63, 3.8) is 0 Å². The minimum atomic E-state index is 0.417. The van der Waals surface area contributed by atoms with Crippen LogP contribution in [0.25, 0.3) is 0 Å². The molecule has 1 aromatic carbocycles. The van der Waals surface area contributed by atoms with Gasteiger partial charge in [0.15, 0.2) is 5.96 Å². The average Bonchev–Trinajstić information content (AvgIpc) is 2.95. The summed E-state index contributed by atoms with van der Waals surface area (Å²) in [5.41, 5.74) is 7.68. The first kappa shape index (κ1) is 10.3. The number of aryl methyl sites for hydroxylation is 1. The summed E-state index contributed by atoms with van der Waals surface area (Å²) in [7, 11) is 0. The lowest BCUT2D eigenvalue weighted by atomic mass is 10.2. The van der Waals surface area contributed by atoms with E-state index in [1.807, 2.05) is 25.1 Å². The second kappa shape index (κ2) is 4.11. The van der Waals surface area contributed by atoms with Crippen LogP contribution in [-0.4, -0.2) is 12.0 Å². The lowest BCUT2D eigenvalue weighted by molar-refractivity contribution is 1.06. The lowest BCUT2D eigenvalue weighted by Crippen LogP contribution is -2.23. The highest BCUT2D eigenvalue weighted by Crippen LogP contribution is 2.26. The van der Waals surface area contributed by atoms with E-state index in [4.69, 9.17) is 17.3 Å². The molecule has 1 aliphatic carbocycles. The van der Waals surface area contributed by atoms with Gasteiger partial charge in [-0.1, -0.05) is 23.7 Å². The van der Waals surface area contributed by atoms with Crippen molar-refractivity contribution in [2.24, 2.45) is 10.7 Å². The number of rotatable bonds is 2. The van der Waals surface area contributed by atoms with Crippen LogP contribution in [0.3, 0.4) is 0 Å². The molecule has 1 saturated carbocycles. The molecular weight excluding hydrogens is 210 g/mol. The van der Waals surface area contributed by atoms with Crippen molar-refractivity contribution in [2.75, 3.05) is 5.32 Å². The van der Waals surface area contributed by atoms with Crippen LogP contribution in [0.1, 0.15) is 18.4 Å². The number of aliphatic imine (C=N–C) groups is 1. The maximum atomic E-state index is 6.05. The monoisotopic (exact) mass is 223 g/mol. The van der Waals surface area contributed by atoms with Crippen LogP contribution in [0.5, 0.6) is 0 Å². The fourth-order valence-electron chi connectivity index (χ4n) is 1.35. The molecule has 4 heteroatoms. The molecule has 0 heterocycles. The van der Waals surface area contributed by atoms with Crippen molar-refractivity contribution in [2.45, 2.75) is 25.8 Å². The van der Waals surface area contributed by atoms with Crippen LogP contribution in [0, 0.1) is 6.92 Å². The zero-order valence-corrected chi connectivity index (χ0v) is 9.38. The molecule has 80 valence electrons. The summed E-state index contributed by atoms with van der Waals surface area (Å²) in [6.45, 7) is 1.98. The van der Waals surface area contributed by atoms with Gasteiger partial charge in [0, 0.05) is 0 Å². The molecule has 0 saturated heterocycles. The number of nitrogens with one attached hydrogen (secondary N) is 1. The van der Waals surface area contributed by atoms with E-state index in [1.54, 1.807) is 0 Å². The van der Waals surface area contributed by atoms with Crippen LogP contribution in [-0.2, 0) is 0 Å². The van der Waals surface area contributed by atoms with Crippen molar-refractivity contribution in [3.8, 4) is 0 Å². The number of guanidine groups is 1. The van der Waals surface area contributed by atoms with Gasteiger partial charge in [-0.05, 0) is 31.4 Å². The summed E-state index contributed by atoms with van der Waals surface area (Å²) in [5, 5.41) is 3.72. The second-order valence-corrected chi connectivity index (χ2v) is 4.21. The van der Waals surface area contributed by atoms with Gasteiger partial charge in [0.05, 0.1) is 16.8 Å². The van der Waals surface area contributed by atoms with Crippen LogP contribution in [0.2, 0.25) is 5.02 Å². The van der Waals surface area contributed by atoms with E-state index in [-0.39, 0.29) is 0 Å². The number of para-hydroxylation sites is 1. The zero-order valence-electron chi connectivity index (χ0n) is 8.63. The van der Waals surface area contributed by atoms with Gasteiger partial charge in [-0.15, -0.1) is 0 Å². The number of hydrogen-bond donors (Lipinski definition) is 2. The Labute approximate surface area is 94.3 Å². The summed E-state index contributed by atoms with van der Waals surface area (Å²) in [4.78, 5) is 4.29. The third-order valence-corrected chi connectivity index (χ3v) is 2.66. The van der Waals surface area contributed by atoms with Gasteiger partial charge >= 0.3 is 0 Å². The summed E-state index contributed by atoms with van der Waals surface area (Å²) < 4.78 is 0.